The molecule has 1 saturated heterocycles. The molecule has 176 valence electrons. The van der Waals surface area contributed by atoms with E-state index in [1.807, 2.05) is 0 Å². The standard InChI is InChI=1S/C26H21ClF2N6/c27-21-19(28)7-6-14-2-1-3-17(20(14)21)23-22(29)24-18(12-32-23)26(34-25(33-24)15-4-5-15)35-11-10-31-16(13-35)8-9-30/h1-3,6-7,12,15-16,31H,4-5,8,10-11,13H2/t16-/m0/s1. The van der Waals surface area contributed by atoms with Crippen LogP contribution in [0.3, 0.4) is 0 Å². The van der Waals surface area contributed by atoms with E-state index < -0.39 is 11.6 Å². The fourth-order valence-corrected chi connectivity index (χ4v) is 5.06. The minimum Gasteiger partial charge on any atom is -0.353 e. The van der Waals surface area contributed by atoms with Crippen molar-refractivity contribution in [2.24, 2.45) is 0 Å². The molecular formula is C26H21ClF2N6. The fourth-order valence-electron chi connectivity index (χ4n) is 4.78. The summed E-state index contributed by atoms with van der Waals surface area (Å²) in [6.07, 6.45) is 3.92. The predicted molar refractivity (Wildman–Crippen MR) is 131 cm³/mol. The number of nitriles is 1. The maximum atomic E-state index is 16.2. The van der Waals surface area contributed by atoms with Gasteiger partial charge < -0.3 is 10.2 Å². The van der Waals surface area contributed by atoms with Gasteiger partial charge in [-0.1, -0.05) is 35.9 Å². The number of piperazine rings is 1. The molecule has 35 heavy (non-hydrogen) atoms. The van der Waals surface area contributed by atoms with Gasteiger partial charge in [-0.3, -0.25) is 4.98 Å². The summed E-state index contributed by atoms with van der Waals surface area (Å²) in [5.41, 5.74) is 0.683. The van der Waals surface area contributed by atoms with Crippen LogP contribution in [-0.2, 0) is 0 Å². The van der Waals surface area contributed by atoms with Crippen LogP contribution in [-0.4, -0.2) is 40.6 Å². The normalized spacial score (nSPS) is 18.2. The third kappa shape index (κ3) is 3.85. The van der Waals surface area contributed by atoms with E-state index in [4.69, 9.17) is 21.8 Å². The molecule has 4 aromatic rings. The van der Waals surface area contributed by atoms with E-state index >= 15 is 4.39 Å². The van der Waals surface area contributed by atoms with Crippen LogP contribution in [0, 0.1) is 23.0 Å². The number of halogens is 3. The van der Waals surface area contributed by atoms with Crippen molar-refractivity contribution >= 4 is 39.1 Å². The number of pyridine rings is 1. The summed E-state index contributed by atoms with van der Waals surface area (Å²) in [4.78, 5) is 16.0. The Morgan fingerprint density at radius 2 is 2.03 bits per heavy atom. The zero-order valence-electron chi connectivity index (χ0n) is 18.7. The number of rotatable bonds is 4. The van der Waals surface area contributed by atoms with Crippen molar-refractivity contribution in [1.29, 1.82) is 5.26 Å². The molecule has 0 bridgehead atoms. The minimum atomic E-state index is -0.579. The Bertz CT molecular complexity index is 1510. The number of benzene rings is 2. The van der Waals surface area contributed by atoms with Gasteiger partial charge in [-0.25, -0.2) is 18.7 Å². The van der Waals surface area contributed by atoms with E-state index in [1.165, 1.54) is 6.07 Å². The van der Waals surface area contributed by atoms with Crippen molar-refractivity contribution in [3.05, 3.63) is 59.0 Å². The number of nitrogens with zero attached hydrogens (tertiary/aromatic N) is 5. The highest BCUT2D eigenvalue weighted by molar-refractivity contribution is 6.36. The molecular weight excluding hydrogens is 470 g/mol. The SMILES string of the molecule is N#CC[C@H]1CN(c2nc(C3CC3)nc3c(F)c(-c4cccc5ccc(F)c(Cl)c45)ncc23)CCN1. The number of aromatic nitrogens is 3. The molecule has 0 unspecified atom stereocenters. The third-order valence-corrected chi connectivity index (χ3v) is 7.08. The van der Waals surface area contributed by atoms with E-state index in [2.05, 4.69) is 26.3 Å². The smallest absolute Gasteiger partial charge is 0.175 e. The molecule has 0 amide bonds. The summed E-state index contributed by atoms with van der Waals surface area (Å²) < 4.78 is 30.5. The largest absolute Gasteiger partial charge is 0.353 e. The predicted octanol–water partition coefficient (Wildman–Crippen LogP) is 5.35. The van der Waals surface area contributed by atoms with Crippen molar-refractivity contribution in [2.75, 3.05) is 24.5 Å². The van der Waals surface area contributed by atoms with Gasteiger partial charge >= 0.3 is 0 Å². The summed E-state index contributed by atoms with van der Waals surface area (Å²) in [5.74, 6) is 0.332. The average Bonchev–Trinajstić information content (AvgIpc) is 3.72. The lowest BCUT2D eigenvalue weighted by Crippen LogP contribution is -2.51. The molecule has 2 fully saturated rings. The molecule has 1 saturated carbocycles. The lowest BCUT2D eigenvalue weighted by atomic mass is 10.0. The molecule has 6 nitrogen and oxygen atoms in total. The highest BCUT2D eigenvalue weighted by atomic mass is 35.5. The van der Waals surface area contributed by atoms with Crippen LogP contribution < -0.4 is 10.2 Å². The Hall–Kier alpha value is -3.41. The average molecular weight is 491 g/mol. The number of nitrogens with one attached hydrogen (secondary N) is 1. The first kappa shape index (κ1) is 22.1. The summed E-state index contributed by atoms with van der Waals surface area (Å²) in [7, 11) is 0. The minimum absolute atomic E-state index is 0.00735. The fraction of sp³-hybridized carbons (Fsp3) is 0.308. The monoisotopic (exact) mass is 490 g/mol. The van der Waals surface area contributed by atoms with E-state index in [0.29, 0.717) is 59.4 Å². The maximum Gasteiger partial charge on any atom is 0.175 e. The van der Waals surface area contributed by atoms with Gasteiger partial charge in [-0.15, -0.1) is 0 Å². The lowest BCUT2D eigenvalue weighted by Gasteiger charge is -2.34. The molecule has 3 heterocycles. The second-order valence-electron chi connectivity index (χ2n) is 9.09. The van der Waals surface area contributed by atoms with Crippen LogP contribution in [0.25, 0.3) is 32.9 Å². The summed E-state index contributed by atoms with van der Waals surface area (Å²) in [5, 5.41) is 14.0. The molecule has 6 rings (SSSR count). The van der Waals surface area contributed by atoms with Crippen molar-refractivity contribution < 1.29 is 8.78 Å². The number of hydrogen-bond acceptors (Lipinski definition) is 6. The summed E-state index contributed by atoms with van der Waals surface area (Å²) in [6.45, 7) is 1.97. The second-order valence-corrected chi connectivity index (χ2v) is 9.47. The third-order valence-electron chi connectivity index (χ3n) is 6.71. The first-order valence-electron chi connectivity index (χ1n) is 11.6. The number of fused-ring (bicyclic) bond motifs is 2. The van der Waals surface area contributed by atoms with E-state index in [0.717, 1.165) is 12.8 Å². The lowest BCUT2D eigenvalue weighted by molar-refractivity contribution is 0.461. The maximum absolute atomic E-state index is 16.2. The van der Waals surface area contributed by atoms with Crippen molar-refractivity contribution in [3.63, 3.8) is 0 Å². The van der Waals surface area contributed by atoms with Gasteiger partial charge in [0.2, 0.25) is 0 Å². The molecule has 2 aliphatic rings. The van der Waals surface area contributed by atoms with Gasteiger partial charge in [0.15, 0.2) is 5.82 Å². The summed E-state index contributed by atoms with van der Waals surface area (Å²) in [6, 6.07) is 10.4. The number of hydrogen-bond donors (Lipinski definition) is 1. The van der Waals surface area contributed by atoms with Crippen molar-refractivity contribution in [1.82, 2.24) is 20.3 Å². The topological polar surface area (TPSA) is 77.7 Å². The van der Waals surface area contributed by atoms with Gasteiger partial charge in [0, 0.05) is 48.7 Å². The van der Waals surface area contributed by atoms with Gasteiger partial charge in [-0.2, -0.15) is 5.26 Å². The molecule has 0 spiro atoms. The molecule has 2 aromatic carbocycles. The second kappa shape index (κ2) is 8.67. The van der Waals surface area contributed by atoms with Crippen LogP contribution in [0.2, 0.25) is 5.02 Å². The molecule has 1 aliphatic heterocycles. The van der Waals surface area contributed by atoms with Gasteiger partial charge in [0.1, 0.15) is 28.7 Å². The Morgan fingerprint density at radius 1 is 1.17 bits per heavy atom. The van der Waals surface area contributed by atoms with Crippen LogP contribution in [0.1, 0.15) is 31.0 Å². The van der Waals surface area contributed by atoms with Gasteiger partial charge in [0.25, 0.3) is 0 Å². The zero-order chi connectivity index (χ0) is 24.1. The molecule has 1 N–H and O–H groups in total. The highest BCUT2D eigenvalue weighted by Crippen LogP contribution is 2.42. The zero-order valence-corrected chi connectivity index (χ0v) is 19.5. The summed E-state index contributed by atoms with van der Waals surface area (Å²) >= 11 is 6.31. The van der Waals surface area contributed by atoms with Crippen molar-refractivity contribution in [3.8, 4) is 17.3 Å². The molecule has 1 atom stereocenters. The van der Waals surface area contributed by atoms with Gasteiger partial charge in [0.05, 0.1) is 22.9 Å². The molecule has 2 aromatic heterocycles. The Labute approximate surface area is 205 Å². The van der Waals surface area contributed by atoms with Crippen LogP contribution in [0.15, 0.2) is 36.5 Å². The molecule has 9 heteroatoms. The Kier molecular flexibility index (Phi) is 5.47. The quantitative estimate of drug-likeness (QED) is 0.415. The first-order valence-corrected chi connectivity index (χ1v) is 12.0. The Balaban J connectivity index is 1.54. The van der Waals surface area contributed by atoms with Crippen LogP contribution in [0.5, 0.6) is 0 Å². The van der Waals surface area contributed by atoms with Crippen LogP contribution in [0.4, 0.5) is 14.6 Å². The molecule has 0 radical (unpaired) electrons. The van der Waals surface area contributed by atoms with E-state index in [-0.39, 0.29) is 28.2 Å². The first-order chi connectivity index (χ1) is 17.0. The van der Waals surface area contributed by atoms with Gasteiger partial charge in [-0.05, 0) is 24.3 Å². The van der Waals surface area contributed by atoms with E-state index in [1.54, 1.807) is 30.5 Å². The van der Waals surface area contributed by atoms with Crippen LogP contribution >= 0.6 is 11.6 Å². The highest BCUT2D eigenvalue weighted by Gasteiger charge is 2.31. The Morgan fingerprint density at radius 3 is 2.83 bits per heavy atom. The molecule has 1 aliphatic carbocycles. The number of anilines is 1. The van der Waals surface area contributed by atoms with Crippen molar-refractivity contribution in [2.45, 2.75) is 31.2 Å². The van der Waals surface area contributed by atoms with E-state index in [9.17, 15) is 4.39 Å².